The van der Waals surface area contributed by atoms with Gasteiger partial charge in [-0.2, -0.15) is 0 Å². The van der Waals surface area contributed by atoms with Gasteiger partial charge in [-0.05, 0) is 25.6 Å². The van der Waals surface area contributed by atoms with Crippen LogP contribution in [0.1, 0.15) is 17.2 Å². The summed E-state index contributed by atoms with van der Waals surface area (Å²) in [6.45, 7) is 3.51. The van der Waals surface area contributed by atoms with E-state index in [1.165, 1.54) is 12.1 Å². The van der Waals surface area contributed by atoms with Crippen molar-refractivity contribution in [2.75, 3.05) is 26.7 Å². The minimum absolute atomic E-state index is 0.0738. The van der Waals surface area contributed by atoms with Gasteiger partial charge >= 0.3 is 0 Å². The van der Waals surface area contributed by atoms with Gasteiger partial charge in [0.2, 0.25) is 0 Å². The Morgan fingerprint density at radius 1 is 1.44 bits per heavy atom. The third-order valence-electron chi connectivity index (χ3n) is 3.35. The number of rotatable bonds is 2. The minimum Gasteiger partial charge on any atom is -0.374 e. The first-order chi connectivity index (χ1) is 8.50. The van der Waals surface area contributed by atoms with Crippen LogP contribution in [0.2, 0.25) is 0 Å². The monoisotopic (exact) mass is 256 g/mol. The van der Waals surface area contributed by atoms with Crippen molar-refractivity contribution in [3.63, 3.8) is 0 Å². The smallest absolute Gasteiger partial charge is 0.133 e. The molecular weight excluding hydrogens is 238 g/mol. The summed E-state index contributed by atoms with van der Waals surface area (Å²) in [4.78, 5) is 2.04. The van der Waals surface area contributed by atoms with E-state index in [1.54, 1.807) is 6.92 Å². The molecule has 1 fully saturated rings. The second kappa shape index (κ2) is 5.30. The molecule has 0 bridgehead atoms. The highest BCUT2D eigenvalue weighted by Crippen LogP contribution is 2.26. The molecule has 1 saturated heterocycles. The lowest BCUT2D eigenvalue weighted by atomic mass is 9.98. The van der Waals surface area contributed by atoms with Crippen molar-refractivity contribution in [3.05, 3.63) is 34.9 Å². The Morgan fingerprint density at radius 3 is 2.83 bits per heavy atom. The predicted octanol–water partition coefficient (Wildman–Crippen LogP) is 1.60. The Kier molecular flexibility index (Phi) is 3.94. The fourth-order valence-electron chi connectivity index (χ4n) is 2.20. The van der Waals surface area contributed by atoms with Gasteiger partial charge < -0.3 is 15.4 Å². The molecule has 2 rings (SSSR count). The highest BCUT2D eigenvalue weighted by Gasteiger charge is 2.29. The van der Waals surface area contributed by atoms with Crippen molar-refractivity contribution in [1.29, 1.82) is 0 Å². The third kappa shape index (κ3) is 2.53. The Morgan fingerprint density at radius 2 is 2.17 bits per heavy atom. The van der Waals surface area contributed by atoms with E-state index in [4.69, 9.17) is 10.5 Å². The van der Waals surface area contributed by atoms with Crippen LogP contribution < -0.4 is 5.73 Å². The predicted molar refractivity (Wildman–Crippen MR) is 65.3 cm³/mol. The van der Waals surface area contributed by atoms with Crippen LogP contribution in [0.4, 0.5) is 8.78 Å². The van der Waals surface area contributed by atoms with E-state index in [0.29, 0.717) is 18.7 Å². The van der Waals surface area contributed by atoms with E-state index in [0.717, 1.165) is 6.54 Å². The van der Waals surface area contributed by atoms with Crippen molar-refractivity contribution in [1.82, 2.24) is 4.90 Å². The van der Waals surface area contributed by atoms with Gasteiger partial charge in [-0.15, -0.1) is 0 Å². The number of hydrogen-bond donors (Lipinski definition) is 1. The molecule has 1 heterocycles. The number of halogens is 2. The molecule has 2 atom stereocenters. The molecule has 1 aliphatic rings. The molecular formula is C13H18F2N2O. The summed E-state index contributed by atoms with van der Waals surface area (Å²) >= 11 is 0. The first-order valence-electron chi connectivity index (χ1n) is 6.01. The molecule has 3 nitrogen and oxygen atoms in total. The number of ether oxygens (including phenoxy) is 1. The van der Waals surface area contributed by atoms with E-state index in [9.17, 15) is 8.78 Å². The van der Waals surface area contributed by atoms with Crippen molar-refractivity contribution in [2.45, 2.75) is 19.1 Å². The maximum absolute atomic E-state index is 14.0. The number of nitrogens with zero attached hydrogens (tertiary/aromatic N) is 1. The van der Waals surface area contributed by atoms with Crippen molar-refractivity contribution < 1.29 is 13.5 Å². The van der Waals surface area contributed by atoms with E-state index in [1.807, 2.05) is 11.9 Å². The molecule has 1 aliphatic heterocycles. The maximum Gasteiger partial charge on any atom is 0.133 e. The average molecular weight is 256 g/mol. The van der Waals surface area contributed by atoms with Gasteiger partial charge in [-0.3, -0.25) is 0 Å². The van der Waals surface area contributed by atoms with Gasteiger partial charge in [0.25, 0.3) is 0 Å². The van der Waals surface area contributed by atoms with Gasteiger partial charge in [0, 0.05) is 18.7 Å². The summed E-state index contributed by atoms with van der Waals surface area (Å²) in [5.41, 5.74) is 6.29. The van der Waals surface area contributed by atoms with Crippen LogP contribution in [0.3, 0.4) is 0 Å². The summed E-state index contributed by atoms with van der Waals surface area (Å²) in [5.74, 6) is -1.18. The normalized spacial score (nSPS) is 23.1. The molecule has 1 aromatic rings. The summed E-state index contributed by atoms with van der Waals surface area (Å²) in [7, 11) is 1.94. The van der Waals surface area contributed by atoms with Crippen molar-refractivity contribution in [2.24, 2.45) is 5.73 Å². The number of hydrogen-bond acceptors (Lipinski definition) is 3. The van der Waals surface area contributed by atoms with E-state index in [2.05, 4.69) is 0 Å². The lowest BCUT2D eigenvalue weighted by Gasteiger charge is -2.34. The summed E-state index contributed by atoms with van der Waals surface area (Å²) in [6, 6.07) is 1.88. The van der Waals surface area contributed by atoms with Crippen LogP contribution >= 0.6 is 0 Å². The van der Waals surface area contributed by atoms with Gasteiger partial charge in [0.05, 0.1) is 18.8 Å². The fraction of sp³-hybridized carbons (Fsp3) is 0.538. The van der Waals surface area contributed by atoms with Crippen LogP contribution in [-0.4, -0.2) is 37.7 Å². The zero-order chi connectivity index (χ0) is 13.3. The van der Waals surface area contributed by atoms with E-state index < -0.39 is 17.7 Å². The highest BCUT2D eigenvalue weighted by molar-refractivity contribution is 5.30. The quantitative estimate of drug-likeness (QED) is 0.873. The molecule has 2 N–H and O–H groups in total. The molecule has 1 aromatic carbocycles. The SMILES string of the molecule is Cc1ccc(F)c(C(N)C2CN(C)CCO2)c1F. The lowest BCUT2D eigenvalue weighted by Crippen LogP contribution is -2.45. The second-order valence-corrected chi connectivity index (χ2v) is 4.79. The van der Waals surface area contributed by atoms with Crippen molar-refractivity contribution in [3.8, 4) is 0 Å². The third-order valence-corrected chi connectivity index (χ3v) is 3.35. The zero-order valence-electron chi connectivity index (χ0n) is 10.6. The second-order valence-electron chi connectivity index (χ2n) is 4.79. The molecule has 0 aliphatic carbocycles. The van der Waals surface area contributed by atoms with Gasteiger partial charge in [0.15, 0.2) is 0 Å². The first kappa shape index (κ1) is 13.4. The molecule has 2 unspecified atom stereocenters. The number of morpholine rings is 1. The molecule has 100 valence electrons. The largest absolute Gasteiger partial charge is 0.374 e. The molecule has 5 heteroatoms. The Labute approximate surface area is 106 Å². The molecule has 0 spiro atoms. The number of aryl methyl sites for hydroxylation is 1. The minimum atomic E-state index is -0.785. The highest BCUT2D eigenvalue weighted by atomic mass is 19.1. The lowest BCUT2D eigenvalue weighted by molar-refractivity contribution is -0.0336. The summed E-state index contributed by atoms with van der Waals surface area (Å²) < 4.78 is 33.2. The Bertz CT molecular complexity index is 439. The van der Waals surface area contributed by atoms with Crippen LogP contribution in [0.15, 0.2) is 12.1 Å². The van der Waals surface area contributed by atoms with Crippen LogP contribution in [0.5, 0.6) is 0 Å². The van der Waals surface area contributed by atoms with Gasteiger partial charge in [-0.1, -0.05) is 6.07 Å². The van der Waals surface area contributed by atoms with Crippen LogP contribution in [-0.2, 0) is 4.74 Å². The standard InChI is InChI=1S/C13H18F2N2O/c1-8-3-4-9(14)11(12(8)15)13(16)10-7-17(2)5-6-18-10/h3-4,10,13H,5-7,16H2,1-2H3. The molecule has 18 heavy (non-hydrogen) atoms. The number of nitrogens with two attached hydrogens (primary N) is 1. The van der Waals surface area contributed by atoms with E-state index in [-0.39, 0.29) is 11.7 Å². The van der Waals surface area contributed by atoms with Crippen LogP contribution in [0, 0.1) is 18.6 Å². The Hall–Kier alpha value is -1.04. The van der Waals surface area contributed by atoms with Gasteiger partial charge in [-0.25, -0.2) is 8.78 Å². The summed E-state index contributed by atoms with van der Waals surface area (Å²) in [5, 5.41) is 0. The van der Waals surface area contributed by atoms with Crippen LogP contribution in [0.25, 0.3) is 0 Å². The van der Waals surface area contributed by atoms with Crippen molar-refractivity contribution >= 4 is 0 Å². The van der Waals surface area contributed by atoms with Gasteiger partial charge in [0.1, 0.15) is 11.6 Å². The molecule has 0 aromatic heterocycles. The Balaban J connectivity index is 2.28. The number of benzene rings is 1. The number of likely N-dealkylation sites (N-methyl/N-ethyl adjacent to an activating group) is 1. The molecule has 0 saturated carbocycles. The first-order valence-corrected chi connectivity index (χ1v) is 6.01. The zero-order valence-corrected chi connectivity index (χ0v) is 10.6. The topological polar surface area (TPSA) is 38.5 Å². The fourth-order valence-corrected chi connectivity index (χ4v) is 2.20. The summed E-state index contributed by atoms with van der Waals surface area (Å²) in [6.07, 6.45) is -0.380. The maximum atomic E-state index is 14.0. The molecule has 0 amide bonds. The molecule has 0 radical (unpaired) electrons. The average Bonchev–Trinajstić information content (AvgIpc) is 2.34. The van der Waals surface area contributed by atoms with E-state index >= 15 is 0 Å².